The lowest BCUT2D eigenvalue weighted by atomic mass is 9.89. The first kappa shape index (κ1) is 33.5. The third kappa shape index (κ3) is 5.43. The van der Waals surface area contributed by atoms with Gasteiger partial charge < -0.3 is 8.83 Å². The summed E-state index contributed by atoms with van der Waals surface area (Å²) in [6, 6.07) is 57.3. The van der Waals surface area contributed by atoms with Gasteiger partial charge in [-0.3, -0.25) is 0 Å². The molecule has 0 N–H and O–H groups in total. The van der Waals surface area contributed by atoms with E-state index in [2.05, 4.69) is 153 Å². The van der Waals surface area contributed by atoms with Crippen molar-refractivity contribution in [2.45, 2.75) is 19.3 Å². The maximum Gasteiger partial charge on any atom is 0.164 e. The molecule has 3 heterocycles. The van der Waals surface area contributed by atoms with E-state index in [9.17, 15) is 0 Å². The molecular formula is C54H35N3O2. The molecule has 5 nitrogen and oxygen atoms in total. The zero-order valence-electron chi connectivity index (χ0n) is 32.2. The molecule has 278 valence electrons. The summed E-state index contributed by atoms with van der Waals surface area (Å²) in [5.74, 6) is 3.09. The van der Waals surface area contributed by atoms with Crippen molar-refractivity contribution in [3.63, 3.8) is 0 Å². The van der Waals surface area contributed by atoms with Crippen LogP contribution in [0.25, 0.3) is 117 Å². The zero-order valence-corrected chi connectivity index (χ0v) is 32.2. The summed E-state index contributed by atoms with van der Waals surface area (Å²) in [5.41, 5.74) is 11.1. The number of allylic oxidation sites excluding steroid dienone is 1. The Bertz CT molecular complexity index is 3500. The van der Waals surface area contributed by atoms with Gasteiger partial charge >= 0.3 is 0 Å². The molecule has 8 aromatic carbocycles. The van der Waals surface area contributed by atoms with Crippen LogP contribution in [0.3, 0.4) is 0 Å². The molecule has 0 radical (unpaired) electrons. The fourth-order valence-corrected chi connectivity index (χ4v) is 9.15. The highest BCUT2D eigenvalue weighted by molar-refractivity contribution is 6.17. The molecule has 0 saturated heterocycles. The summed E-state index contributed by atoms with van der Waals surface area (Å²) in [6.45, 7) is 2.26. The summed E-state index contributed by atoms with van der Waals surface area (Å²) in [6.07, 6.45) is 5.25. The number of hydrogen-bond donors (Lipinski definition) is 0. The highest BCUT2D eigenvalue weighted by Gasteiger charge is 2.25. The summed E-state index contributed by atoms with van der Waals surface area (Å²) in [4.78, 5) is 15.6. The van der Waals surface area contributed by atoms with Gasteiger partial charge in [-0.25, -0.2) is 15.0 Å². The SMILES string of the molecule is CC1CC=Cc2oc3cccc(-c4nc(-c5ccccc5)nc(-c5ccc(-c6cccc7oc8cc(-c9ccc%10ccccc%10c9)ccc8c67)c6ccccc56)n4)c3c21. The standard InChI is InChI=1S/C54H35N3O2/c1-32-12-9-21-45-49(32)51-44(20-11-23-47(51)58-45)54-56-52(34-14-3-2-4-15-34)55-53(57-54)42-29-28-40(38-17-7-8-18-39(38)42)41-19-10-22-46-50(41)43-27-26-37(31-48(43)59-46)36-25-24-33-13-5-6-16-35(33)30-36/h2-11,13-32H,12H2,1H3. The van der Waals surface area contributed by atoms with Crippen molar-refractivity contribution in [1.82, 2.24) is 15.0 Å². The second kappa shape index (κ2) is 13.2. The predicted octanol–water partition coefficient (Wildman–Crippen LogP) is 14.7. The topological polar surface area (TPSA) is 65.0 Å². The van der Waals surface area contributed by atoms with Gasteiger partial charge in [0.1, 0.15) is 22.5 Å². The van der Waals surface area contributed by atoms with Gasteiger partial charge in [-0.2, -0.15) is 0 Å². The van der Waals surface area contributed by atoms with Crippen LogP contribution in [0.4, 0.5) is 0 Å². The van der Waals surface area contributed by atoms with Crippen molar-refractivity contribution in [1.29, 1.82) is 0 Å². The second-order valence-corrected chi connectivity index (χ2v) is 15.5. The van der Waals surface area contributed by atoms with E-state index in [1.807, 2.05) is 30.3 Å². The third-order valence-corrected chi connectivity index (χ3v) is 12.0. The minimum absolute atomic E-state index is 0.312. The number of aromatic nitrogens is 3. The number of rotatable bonds is 5. The van der Waals surface area contributed by atoms with Crippen molar-refractivity contribution in [2.75, 3.05) is 0 Å². The fraction of sp³-hybridized carbons (Fsp3) is 0.0556. The molecule has 0 saturated carbocycles. The van der Waals surface area contributed by atoms with Gasteiger partial charge in [0.05, 0.1) is 0 Å². The molecule has 5 heteroatoms. The van der Waals surface area contributed by atoms with Gasteiger partial charge in [0.15, 0.2) is 17.5 Å². The lowest BCUT2D eigenvalue weighted by Gasteiger charge is -2.15. The minimum atomic E-state index is 0.312. The molecule has 1 atom stereocenters. The molecule has 3 aromatic heterocycles. The highest BCUT2D eigenvalue weighted by atomic mass is 16.3. The van der Waals surface area contributed by atoms with Crippen molar-refractivity contribution < 1.29 is 8.83 Å². The van der Waals surface area contributed by atoms with Gasteiger partial charge in [0.2, 0.25) is 0 Å². The first-order valence-corrected chi connectivity index (χ1v) is 20.2. The van der Waals surface area contributed by atoms with Crippen LogP contribution in [0.15, 0.2) is 179 Å². The van der Waals surface area contributed by atoms with Crippen molar-refractivity contribution >= 4 is 60.5 Å². The van der Waals surface area contributed by atoms with E-state index in [1.54, 1.807) is 0 Å². The predicted molar refractivity (Wildman–Crippen MR) is 241 cm³/mol. The van der Waals surface area contributed by atoms with Crippen LogP contribution >= 0.6 is 0 Å². The Morgan fingerprint density at radius 2 is 1.10 bits per heavy atom. The number of benzene rings is 8. The van der Waals surface area contributed by atoms with E-state index in [0.29, 0.717) is 23.4 Å². The Hall–Kier alpha value is -7.63. The zero-order chi connectivity index (χ0) is 39.0. The van der Waals surface area contributed by atoms with E-state index in [1.165, 1.54) is 16.3 Å². The largest absolute Gasteiger partial charge is 0.456 e. The lowest BCUT2D eigenvalue weighted by Crippen LogP contribution is -2.02. The van der Waals surface area contributed by atoms with Crippen LogP contribution in [0.2, 0.25) is 0 Å². The number of furan rings is 2. The molecule has 12 rings (SSSR count). The maximum atomic E-state index is 6.61. The number of fused-ring (bicyclic) bond motifs is 8. The average molecular weight is 758 g/mol. The third-order valence-electron chi connectivity index (χ3n) is 12.0. The van der Waals surface area contributed by atoms with Crippen molar-refractivity contribution in [3.8, 4) is 56.4 Å². The molecule has 1 aliphatic carbocycles. The molecule has 11 aromatic rings. The van der Waals surface area contributed by atoms with Crippen LogP contribution in [0, 0.1) is 0 Å². The summed E-state index contributed by atoms with van der Waals surface area (Å²) < 4.78 is 13.0. The highest BCUT2D eigenvalue weighted by Crippen LogP contribution is 2.44. The first-order chi connectivity index (χ1) is 29.1. The van der Waals surface area contributed by atoms with Crippen LogP contribution in [0.1, 0.15) is 30.6 Å². The molecule has 0 spiro atoms. The Morgan fingerprint density at radius 1 is 0.441 bits per heavy atom. The Labute approximate surface area is 340 Å². The van der Waals surface area contributed by atoms with Crippen LogP contribution < -0.4 is 0 Å². The van der Waals surface area contributed by atoms with Crippen LogP contribution in [0.5, 0.6) is 0 Å². The van der Waals surface area contributed by atoms with Gasteiger partial charge in [-0.1, -0.05) is 140 Å². The first-order valence-electron chi connectivity index (χ1n) is 20.2. The Balaban J connectivity index is 1.03. The fourth-order valence-electron chi connectivity index (χ4n) is 9.15. The molecular weight excluding hydrogens is 723 g/mol. The summed E-state index contributed by atoms with van der Waals surface area (Å²) >= 11 is 0. The van der Waals surface area contributed by atoms with E-state index >= 15 is 0 Å². The van der Waals surface area contributed by atoms with Gasteiger partial charge in [0, 0.05) is 38.4 Å². The molecule has 1 aliphatic rings. The quantitative estimate of drug-likeness (QED) is 0.175. The van der Waals surface area contributed by atoms with E-state index in [-0.39, 0.29) is 0 Å². The molecule has 0 bridgehead atoms. The lowest BCUT2D eigenvalue weighted by molar-refractivity contribution is 0.586. The van der Waals surface area contributed by atoms with Crippen molar-refractivity contribution in [3.05, 3.63) is 181 Å². The summed E-state index contributed by atoms with van der Waals surface area (Å²) in [5, 5.41) is 7.87. The monoisotopic (exact) mass is 757 g/mol. The molecule has 0 fully saturated rings. The maximum absolute atomic E-state index is 6.61. The van der Waals surface area contributed by atoms with Crippen molar-refractivity contribution in [2.24, 2.45) is 0 Å². The van der Waals surface area contributed by atoms with E-state index < -0.39 is 0 Å². The normalized spacial score (nSPS) is 13.9. The van der Waals surface area contributed by atoms with Gasteiger partial charge in [0.25, 0.3) is 0 Å². The van der Waals surface area contributed by atoms with Gasteiger partial charge in [-0.05, 0) is 98.6 Å². The van der Waals surface area contributed by atoms with Crippen LogP contribution in [-0.2, 0) is 0 Å². The second-order valence-electron chi connectivity index (χ2n) is 15.5. The van der Waals surface area contributed by atoms with Gasteiger partial charge in [-0.15, -0.1) is 0 Å². The smallest absolute Gasteiger partial charge is 0.164 e. The molecule has 0 amide bonds. The average Bonchev–Trinajstić information content (AvgIpc) is 3.88. The summed E-state index contributed by atoms with van der Waals surface area (Å²) in [7, 11) is 0. The molecule has 1 unspecified atom stereocenters. The minimum Gasteiger partial charge on any atom is -0.456 e. The number of nitrogens with zero attached hydrogens (tertiary/aromatic N) is 3. The van der Waals surface area contributed by atoms with E-state index in [0.717, 1.165) is 94.8 Å². The molecule has 59 heavy (non-hydrogen) atoms. The Morgan fingerprint density at radius 3 is 1.95 bits per heavy atom. The van der Waals surface area contributed by atoms with Crippen LogP contribution in [-0.4, -0.2) is 15.0 Å². The molecule has 0 aliphatic heterocycles. The number of hydrogen-bond acceptors (Lipinski definition) is 5. The Kier molecular flexibility index (Phi) is 7.51. The van der Waals surface area contributed by atoms with E-state index in [4.69, 9.17) is 23.8 Å².